The second-order valence-corrected chi connectivity index (χ2v) is 3.43. The van der Waals surface area contributed by atoms with Crippen molar-refractivity contribution < 1.29 is 19.5 Å². The number of aromatic nitrogens is 1. The molecule has 0 radical (unpaired) electrons. The summed E-state index contributed by atoms with van der Waals surface area (Å²) in [5.41, 5.74) is 4.00. The van der Waals surface area contributed by atoms with Gasteiger partial charge in [-0.15, -0.1) is 0 Å². The topological polar surface area (TPSA) is 134 Å². The molecule has 1 aromatic heterocycles. The number of carboxylic acids is 1. The largest absolute Gasteiger partial charge is 0.480 e. The molecular weight excluding hydrogens is 242 g/mol. The Hall–Kier alpha value is -2.64. The number of H-pyrrole nitrogens is 1. The van der Waals surface area contributed by atoms with E-state index in [1.165, 1.54) is 18.3 Å². The molecule has 1 heterocycles. The second kappa shape index (κ2) is 5.62. The minimum absolute atomic E-state index is 0.250. The number of amides is 2. The van der Waals surface area contributed by atoms with Crippen molar-refractivity contribution in [3.05, 3.63) is 34.2 Å². The van der Waals surface area contributed by atoms with Gasteiger partial charge in [0, 0.05) is 6.20 Å². The molecule has 8 nitrogen and oxygen atoms in total. The van der Waals surface area contributed by atoms with Crippen molar-refractivity contribution in [2.24, 2.45) is 5.73 Å². The average Bonchev–Trinajstić information content (AvgIpc) is 2.26. The fourth-order valence-corrected chi connectivity index (χ4v) is 1.31. The SMILES string of the molecule is NC(=O)CN(CC(=O)O)C(=O)c1ccc[nH]c1=O. The number of rotatable bonds is 5. The lowest BCUT2D eigenvalue weighted by molar-refractivity contribution is -0.138. The Kier molecular flexibility index (Phi) is 4.19. The molecule has 0 spiro atoms. The zero-order valence-corrected chi connectivity index (χ0v) is 9.25. The van der Waals surface area contributed by atoms with Crippen LogP contribution in [-0.2, 0) is 9.59 Å². The Morgan fingerprint density at radius 3 is 2.50 bits per heavy atom. The molecule has 0 unspecified atom stereocenters. The van der Waals surface area contributed by atoms with Crippen molar-refractivity contribution in [1.82, 2.24) is 9.88 Å². The number of primary amides is 1. The standard InChI is InChI=1S/C10H11N3O5/c11-7(14)4-13(5-8(15)16)10(18)6-2-1-3-12-9(6)17/h1-3H,4-5H2,(H2,11,14)(H,12,17)(H,15,16). The number of hydrogen-bond donors (Lipinski definition) is 3. The van der Waals surface area contributed by atoms with Crippen LogP contribution in [0.25, 0.3) is 0 Å². The minimum Gasteiger partial charge on any atom is -0.480 e. The van der Waals surface area contributed by atoms with Gasteiger partial charge in [-0.1, -0.05) is 0 Å². The summed E-state index contributed by atoms with van der Waals surface area (Å²) in [6.07, 6.45) is 1.33. The van der Waals surface area contributed by atoms with Crippen LogP contribution in [0.15, 0.2) is 23.1 Å². The molecule has 0 saturated carbocycles. The van der Waals surface area contributed by atoms with Crippen LogP contribution in [0.5, 0.6) is 0 Å². The van der Waals surface area contributed by atoms with Gasteiger partial charge < -0.3 is 20.7 Å². The van der Waals surface area contributed by atoms with Gasteiger partial charge in [-0.05, 0) is 12.1 Å². The molecule has 0 aliphatic rings. The lowest BCUT2D eigenvalue weighted by Crippen LogP contribution is -2.43. The van der Waals surface area contributed by atoms with Gasteiger partial charge in [-0.25, -0.2) is 0 Å². The highest BCUT2D eigenvalue weighted by atomic mass is 16.4. The highest BCUT2D eigenvalue weighted by Crippen LogP contribution is 1.99. The number of carbonyl (C=O) groups excluding carboxylic acids is 2. The third-order valence-electron chi connectivity index (χ3n) is 2.01. The van der Waals surface area contributed by atoms with Crippen molar-refractivity contribution in [3.63, 3.8) is 0 Å². The maximum Gasteiger partial charge on any atom is 0.323 e. The van der Waals surface area contributed by atoms with E-state index in [4.69, 9.17) is 10.8 Å². The molecule has 0 aromatic carbocycles. The summed E-state index contributed by atoms with van der Waals surface area (Å²) < 4.78 is 0. The Bertz CT molecular complexity index is 520. The smallest absolute Gasteiger partial charge is 0.323 e. The predicted octanol–water partition coefficient (Wildman–Crippen LogP) is -1.61. The Morgan fingerprint density at radius 1 is 1.33 bits per heavy atom. The van der Waals surface area contributed by atoms with Crippen molar-refractivity contribution in [2.75, 3.05) is 13.1 Å². The first-order valence-corrected chi connectivity index (χ1v) is 4.89. The van der Waals surface area contributed by atoms with Crippen molar-refractivity contribution >= 4 is 17.8 Å². The van der Waals surface area contributed by atoms with E-state index in [1.54, 1.807) is 0 Å². The molecule has 0 bridgehead atoms. The van der Waals surface area contributed by atoms with Crippen molar-refractivity contribution in [1.29, 1.82) is 0 Å². The molecular formula is C10H11N3O5. The van der Waals surface area contributed by atoms with Gasteiger partial charge in [0.05, 0.1) is 0 Å². The van der Waals surface area contributed by atoms with Crippen molar-refractivity contribution in [3.8, 4) is 0 Å². The molecule has 1 rings (SSSR count). The summed E-state index contributed by atoms with van der Waals surface area (Å²) in [5, 5.41) is 8.63. The lowest BCUT2D eigenvalue weighted by Gasteiger charge is -2.18. The zero-order valence-electron chi connectivity index (χ0n) is 9.25. The normalized spacial score (nSPS) is 9.78. The molecule has 96 valence electrons. The first-order valence-electron chi connectivity index (χ1n) is 4.89. The van der Waals surface area contributed by atoms with E-state index in [0.717, 1.165) is 0 Å². The van der Waals surface area contributed by atoms with Gasteiger partial charge in [0.1, 0.15) is 18.7 Å². The monoisotopic (exact) mass is 253 g/mol. The quantitative estimate of drug-likeness (QED) is 0.580. The molecule has 1 aromatic rings. The van der Waals surface area contributed by atoms with Gasteiger partial charge in [-0.2, -0.15) is 0 Å². The van der Waals surface area contributed by atoms with Gasteiger partial charge in [0.2, 0.25) is 5.91 Å². The van der Waals surface area contributed by atoms with Gasteiger partial charge in [-0.3, -0.25) is 19.2 Å². The van der Waals surface area contributed by atoms with E-state index >= 15 is 0 Å². The fourth-order valence-electron chi connectivity index (χ4n) is 1.31. The molecule has 0 fully saturated rings. The maximum absolute atomic E-state index is 11.9. The van der Waals surface area contributed by atoms with E-state index in [-0.39, 0.29) is 5.56 Å². The predicted molar refractivity (Wildman–Crippen MR) is 59.8 cm³/mol. The van der Waals surface area contributed by atoms with Gasteiger partial charge in [0.15, 0.2) is 0 Å². The van der Waals surface area contributed by atoms with Crippen LogP contribution in [0.2, 0.25) is 0 Å². The van der Waals surface area contributed by atoms with Crippen LogP contribution in [-0.4, -0.2) is 45.9 Å². The molecule has 0 aliphatic heterocycles. The maximum atomic E-state index is 11.9. The zero-order chi connectivity index (χ0) is 13.7. The summed E-state index contributed by atoms with van der Waals surface area (Å²) >= 11 is 0. The van der Waals surface area contributed by atoms with Crippen LogP contribution in [0.1, 0.15) is 10.4 Å². The number of aromatic amines is 1. The number of nitrogens with one attached hydrogen (secondary N) is 1. The molecule has 4 N–H and O–H groups in total. The van der Waals surface area contributed by atoms with Crippen LogP contribution in [0.4, 0.5) is 0 Å². The van der Waals surface area contributed by atoms with Crippen molar-refractivity contribution in [2.45, 2.75) is 0 Å². The Balaban J connectivity index is 3.02. The van der Waals surface area contributed by atoms with Crippen LogP contribution in [0.3, 0.4) is 0 Å². The summed E-state index contributed by atoms with van der Waals surface area (Å²) in [7, 11) is 0. The average molecular weight is 253 g/mol. The second-order valence-electron chi connectivity index (χ2n) is 3.43. The van der Waals surface area contributed by atoms with E-state index in [1.807, 2.05) is 0 Å². The Labute approximate surface area is 101 Å². The van der Waals surface area contributed by atoms with E-state index in [9.17, 15) is 19.2 Å². The summed E-state index contributed by atoms with van der Waals surface area (Å²) in [6.45, 7) is -1.28. The number of hydrogen-bond acceptors (Lipinski definition) is 4. The number of nitrogens with two attached hydrogens (primary N) is 1. The van der Waals surface area contributed by atoms with E-state index in [2.05, 4.69) is 4.98 Å². The fraction of sp³-hybridized carbons (Fsp3) is 0.200. The first-order chi connectivity index (χ1) is 8.41. The van der Waals surface area contributed by atoms with E-state index < -0.39 is 36.4 Å². The third-order valence-corrected chi connectivity index (χ3v) is 2.01. The van der Waals surface area contributed by atoms with Crippen LogP contribution in [0, 0.1) is 0 Å². The Morgan fingerprint density at radius 2 is 2.00 bits per heavy atom. The first kappa shape index (κ1) is 13.4. The lowest BCUT2D eigenvalue weighted by atomic mass is 10.2. The summed E-state index contributed by atoms with van der Waals surface area (Å²) in [4.78, 5) is 47.5. The van der Waals surface area contributed by atoms with E-state index in [0.29, 0.717) is 4.90 Å². The molecule has 2 amide bonds. The number of carbonyl (C=O) groups is 3. The highest BCUT2D eigenvalue weighted by Gasteiger charge is 2.22. The molecule has 18 heavy (non-hydrogen) atoms. The van der Waals surface area contributed by atoms with Crippen LogP contribution < -0.4 is 11.3 Å². The molecule has 0 atom stereocenters. The number of nitrogens with zero attached hydrogens (tertiary/aromatic N) is 1. The molecule has 8 heteroatoms. The third kappa shape index (κ3) is 3.44. The number of aliphatic carboxylic acids is 1. The minimum atomic E-state index is -1.31. The number of pyridine rings is 1. The number of carboxylic acid groups (broad SMARTS) is 1. The summed E-state index contributed by atoms with van der Waals surface area (Å²) in [5.74, 6) is -3.04. The molecule has 0 aliphatic carbocycles. The van der Waals surface area contributed by atoms with Crippen LogP contribution >= 0.6 is 0 Å². The van der Waals surface area contributed by atoms with Gasteiger partial charge in [0.25, 0.3) is 11.5 Å². The highest BCUT2D eigenvalue weighted by molar-refractivity contribution is 5.97. The summed E-state index contributed by atoms with van der Waals surface area (Å²) in [6, 6.07) is 2.65. The molecule has 0 saturated heterocycles. The van der Waals surface area contributed by atoms with Gasteiger partial charge >= 0.3 is 5.97 Å².